The first-order valence-electron chi connectivity index (χ1n) is 7.32. The van der Waals surface area contributed by atoms with Gasteiger partial charge >= 0.3 is 0 Å². The summed E-state index contributed by atoms with van der Waals surface area (Å²) in [6.07, 6.45) is 5.44. The minimum absolute atomic E-state index is 0.0223. The number of ether oxygens (including phenoxy) is 1. The summed E-state index contributed by atoms with van der Waals surface area (Å²) in [5.41, 5.74) is 6.15. The zero-order valence-electron chi connectivity index (χ0n) is 11.9. The average Bonchev–Trinajstić information content (AvgIpc) is 2.59. The van der Waals surface area contributed by atoms with Crippen LogP contribution in [0.15, 0.2) is 0 Å². The van der Waals surface area contributed by atoms with Crippen LogP contribution >= 0.6 is 0 Å². The number of nitrogens with zero attached hydrogens (tertiary/aromatic N) is 1. The van der Waals surface area contributed by atoms with E-state index in [1.807, 2.05) is 18.7 Å². The van der Waals surface area contributed by atoms with Crippen LogP contribution in [0.2, 0.25) is 0 Å². The Bertz CT molecular complexity index is 246. The molecule has 0 bridgehead atoms. The molecule has 2 N–H and O–H groups in total. The molecule has 1 amide bonds. The molecule has 4 nitrogen and oxygen atoms in total. The zero-order chi connectivity index (χ0) is 13.4. The van der Waals surface area contributed by atoms with Crippen molar-refractivity contribution < 1.29 is 9.53 Å². The van der Waals surface area contributed by atoms with E-state index in [-0.39, 0.29) is 17.9 Å². The fourth-order valence-corrected chi connectivity index (χ4v) is 2.62. The molecule has 0 radical (unpaired) electrons. The summed E-state index contributed by atoms with van der Waals surface area (Å²) in [6, 6.07) is 0.0427. The highest BCUT2D eigenvalue weighted by Gasteiger charge is 2.29. The third-order valence-electron chi connectivity index (χ3n) is 3.79. The highest BCUT2D eigenvalue weighted by Crippen LogP contribution is 2.24. The van der Waals surface area contributed by atoms with Crippen molar-refractivity contribution in [1.82, 2.24) is 4.90 Å². The summed E-state index contributed by atoms with van der Waals surface area (Å²) in [5.74, 6) is 0.251. The predicted molar refractivity (Wildman–Crippen MR) is 73.3 cm³/mol. The maximum atomic E-state index is 12.5. The normalized spacial score (nSPS) is 24.6. The molecule has 1 fully saturated rings. The van der Waals surface area contributed by atoms with E-state index in [9.17, 15) is 4.79 Å². The van der Waals surface area contributed by atoms with Gasteiger partial charge in [0, 0.05) is 25.7 Å². The van der Waals surface area contributed by atoms with E-state index in [1.165, 1.54) is 6.42 Å². The minimum Gasteiger partial charge on any atom is -0.380 e. The lowest BCUT2D eigenvalue weighted by molar-refractivity contribution is -0.137. The summed E-state index contributed by atoms with van der Waals surface area (Å²) in [7, 11) is 0. The summed E-state index contributed by atoms with van der Waals surface area (Å²) in [6.45, 7) is 6.75. The number of carbonyl (C=O) groups excluding carboxylic acids is 1. The van der Waals surface area contributed by atoms with Crippen LogP contribution in [0.1, 0.15) is 46.0 Å². The molecule has 18 heavy (non-hydrogen) atoms. The predicted octanol–water partition coefficient (Wildman–Crippen LogP) is 1.78. The zero-order valence-corrected chi connectivity index (χ0v) is 11.9. The molecule has 0 aliphatic heterocycles. The van der Waals surface area contributed by atoms with Crippen molar-refractivity contribution >= 4 is 5.91 Å². The van der Waals surface area contributed by atoms with Crippen LogP contribution in [-0.4, -0.2) is 43.2 Å². The topological polar surface area (TPSA) is 55.6 Å². The Labute approximate surface area is 111 Å². The number of amides is 1. The van der Waals surface area contributed by atoms with Gasteiger partial charge in [-0.25, -0.2) is 0 Å². The smallest absolute Gasteiger partial charge is 0.227 e. The van der Waals surface area contributed by atoms with Crippen LogP contribution < -0.4 is 5.73 Å². The first-order valence-corrected chi connectivity index (χ1v) is 7.32. The van der Waals surface area contributed by atoms with Crippen molar-refractivity contribution in [2.75, 3.05) is 26.3 Å². The maximum Gasteiger partial charge on any atom is 0.227 e. The van der Waals surface area contributed by atoms with Gasteiger partial charge in [-0.05, 0) is 26.7 Å². The van der Waals surface area contributed by atoms with Gasteiger partial charge in [-0.2, -0.15) is 0 Å². The van der Waals surface area contributed by atoms with E-state index in [0.29, 0.717) is 19.8 Å². The van der Waals surface area contributed by atoms with E-state index in [4.69, 9.17) is 10.5 Å². The van der Waals surface area contributed by atoms with Crippen molar-refractivity contribution in [3.8, 4) is 0 Å². The molecular weight excluding hydrogens is 228 g/mol. The van der Waals surface area contributed by atoms with Crippen LogP contribution in [-0.2, 0) is 9.53 Å². The highest BCUT2D eigenvalue weighted by atomic mass is 16.5. The van der Waals surface area contributed by atoms with E-state index in [2.05, 4.69) is 0 Å². The van der Waals surface area contributed by atoms with Gasteiger partial charge in [-0.15, -0.1) is 0 Å². The Morgan fingerprint density at radius 2 is 2.00 bits per heavy atom. The highest BCUT2D eigenvalue weighted by molar-refractivity contribution is 5.79. The van der Waals surface area contributed by atoms with Gasteiger partial charge in [0.15, 0.2) is 0 Å². The molecule has 1 saturated carbocycles. The molecule has 4 heteroatoms. The van der Waals surface area contributed by atoms with E-state index in [0.717, 1.165) is 32.2 Å². The second-order valence-electron chi connectivity index (χ2n) is 5.02. The number of nitrogens with two attached hydrogens (primary N) is 1. The molecule has 0 aromatic rings. The van der Waals surface area contributed by atoms with Gasteiger partial charge in [0.05, 0.1) is 12.5 Å². The molecular formula is C14H28N2O2. The number of hydrogen-bond acceptors (Lipinski definition) is 3. The Balaban J connectivity index is 2.52. The molecule has 0 spiro atoms. The van der Waals surface area contributed by atoms with Gasteiger partial charge in [0.1, 0.15) is 0 Å². The quantitative estimate of drug-likeness (QED) is 0.582. The monoisotopic (exact) mass is 256 g/mol. The number of hydrogen-bond donors (Lipinski definition) is 1. The number of carbonyl (C=O) groups is 1. The first-order chi connectivity index (χ1) is 8.70. The lowest BCUT2D eigenvalue weighted by Gasteiger charge is -2.28. The van der Waals surface area contributed by atoms with Crippen LogP contribution in [0.25, 0.3) is 0 Å². The molecule has 106 valence electrons. The van der Waals surface area contributed by atoms with Gasteiger partial charge in [-0.3, -0.25) is 4.79 Å². The Morgan fingerprint density at radius 1 is 1.28 bits per heavy atom. The second kappa shape index (κ2) is 8.48. The number of likely N-dealkylation sites (N-methyl/N-ethyl adjacent to an activating group) is 1. The van der Waals surface area contributed by atoms with Crippen molar-refractivity contribution in [3.63, 3.8) is 0 Å². The fourth-order valence-electron chi connectivity index (χ4n) is 2.62. The molecule has 0 unspecified atom stereocenters. The molecule has 0 aromatic heterocycles. The van der Waals surface area contributed by atoms with Gasteiger partial charge in [-0.1, -0.05) is 19.3 Å². The molecule has 1 rings (SSSR count). The van der Waals surface area contributed by atoms with Crippen LogP contribution in [0.3, 0.4) is 0 Å². The van der Waals surface area contributed by atoms with E-state index in [1.54, 1.807) is 0 Å². The van der Waals surface area contributed by atoms with Crippen LogP contribution in [0.4, 0.5) is 0 Å². The van der Waals surface area contributed by atoms with Crippen LogP contribution in [0.5, 0.6) is 0 Å². The molecule has 1 aliphatic rings. The third kappa shape index (κ3) is 4.58. The molecule has 0 saturated heterocycles. The second-order valence-corrected chi connectivity index (χ2v) is 5.02. The minimum atomic E-state index is 0.0223. The summed E-state index contributed by atoms with van der Waals surface area (Å²) >= 11 is 0. The number of rotatable bonds is 6. The first kappa shape index (κ1) is 15.4. The van der Waals surface area contributed by atoms with E-state index < -0.39 is 0 Å². The van der Waals surface area contributed by atoms with Crippen molar-refractivity contribution in [3.05, 3.63) is 0 Å². The Hall–Kier alpha value is -0.610. The van der Waals surface area contributed by atoms with Crippen molar-refractivity contribution in [2.45, 2.75) is 52.0 Å². The average molecular weight is 256 g/mol. The fraction of sp³-hybridized carbons (Fsp3) is 0.929. The molecule has 0 heterocycles. The molecule has 0 aromatic carbocycles. The summed E-state index contributed by atoms with van der Waals surface area (Å²) in [5, 5.41) is 0. The van der Waals surface area contributed by atoms with Crippen LogP contribution in [0, 0.1) is 5.92 Å². The van der Waals surface area contributed by atoms with Crippen molar-refractivity contribution in [1.29, 1.82) is 0 Å². The van der Waals surface area contributed by atoms with Gasteiger partial charge in [0.2, 0.25) is 5.91 Å². The molecule has 1 aliphatic carbocycles. The SMILES string of the molecule is CCOCCN(CC)C(=O)[C@@H]1CCCCC[C@@H]1N. The molecule has 2 atom stereocenters. The lowest BCUT2D eigenvalue weighted by atomic mass is 9.94. The standard InChI is InChI=1S/C14H28N2O2/c1-3-16(10-11-18-4-2)14(17)12-8-6-5-7-9-13(12)15/h12-13H,3-11,15H2,1-2H3/t12-,13+/m1/s1. The Morgan fingerprint density at radius 3 is 2.67 bits per heavy atom. The maximum absolute atomic E-state index is 12.5. The largest absolute Gasteiger partial charge is 0.380 e. The summed E-state index contributed by atoms with van der Waals surface area (Å²) in [4.78, 5) is 14.4. The van der Waals surface area contributed by atoms with E-state index >= 15 is 0 Å². The summed E-state index contributed by atoms with van der Waals surface area (Å²) < 4.78 is 5.33. The third-order valence-corrected chi connectivity index (χ3v) is 3.79. The van der Waals surface area contributed by atoms with Gasteiger partial charge < -0.3 is 15.4 Å². The van der Waals surface area contributed by atoms with Crippen molar-refractivity contribution in [2.24, 2.45) is 11.7 Å². The Kier molecular flexibility index (Phi) is 7.28. The lowest BCUT2D eigenvalue weighted by Crippen LogP contribution is -2.44. The van der Waals surface area contributed by atoms with Gasteiger partial charge in [0.25, 0.3) is 0 Å².